The summed E-state index contributed by atoms with van der Waals surface area (Å²) >= 11 is 3.19. The summed E-state index contributed by atoms with van der Waals surface area (Å²) < 4.78 is 14.0. The highest BCUT2D eigenvalue weighted by molar-refractivity contribution is 9.10. The Morgan fingerprint density at radius 1 is 1.56 bits per heavy atom. The first-order valence-electron chi connectivity index (χ1n) is 5.08. The Balaban J connectivity index is 2.27. The molecule has 86 valence electrons. The van der Waals surface area contributed by atoms with E-state index >= 15 is 0 Å². The summed E-state index contributed by atoms with van der Waals surface area (Å²) in [5.74, 6) is -0.794. The van der Waals surface area contributed by atoms with E-state index in [2.05, 4.69) is 15.9 Å². The fraction of sp³-hybridized carbons (Fsp3) is 0.364. The van der Waals surface area contributed by atoms with Gasteiger partial charge in [-0.25, -0.2) is 4.39 Å². The largest absolute Gasteiger partial charge is 0.337 e. The molecule has 2 N–H and O–H groups in total. The lowest BCUT2D eigenvalue weighted by molar-refractivity contribution is 0.0785. The minimum atomic E-state index is -0.500. The molecule has 1 saturated heterocycles. The molecule has 0 bridgehead atoms. The Hall–Kier alpha value is -0.940. The van der Waals surface area contributed by atoms with E-state index in [0.29, 0.717) is 17.6 Å². The van der Waals surface area contributed by atoms with Crippen LogP contribution in [0.2, 0.25) is 0 Å². The first-order valence-corrected chi connectivity index (χ1v) is 5.87. The quantitative estimate of drug-likeness (QED) is 0.855. The van der Waals surface area contributed by atoms with Gasteiger partial charge in [0.1, 0.15) is 5.82 Å². The van der Waals surface area contributed by atoms with Crippen molar-refractivity contribution in [3.63, 3.8) is 0 Å². The Morgan fingerprint density at radius 2 is 2.31 bits per heavy atom. The third-order valence-electron chi connectivity index (χ3n) is 2.69. The first kappa shape index (κ1) is 11.5. The molecule has 0 spiro atoms. The van der Waals surface area contributed by atoms with Gasteiger partial charge in [-0.15, -0.1) is 0 Å². The van der Waals surface area contributed by atoms with Crippen LogP contribution >= 0.6 is 15.9 Å². The van der Waals surface area contributed by atoms with Crippen LogP contribution in [0.1, 0.15) is 16.8 Å². The lowest BCUT2D eigenvalue weighted by Crippen LogP contribution is -2.32. The Labute approximate surface area is 102 Å². The standard InChI is InChI=1S/C11H12BrFN2O/c12-8-2-1-3-9(13)10(8)11(16)15-5-4-7(14)6-15/h1-3,7H,4-6,14H2/t7-/m1/s1. The van der Waals surface area contributed by atoms with Gasteiger partial charge in [0.2, 0.25) is 0 Å². The minimum Gasteiger partial charge on any atom is -0.337 e. The molecular formula is C11H12BrFN2O. The van der Waals surface area contributed by atoms with Crippen LogP contribution in [-0.4, -0.2) is 29.9 Å². The molecule has 5 heteroatoms. The maximum absolute atomic E-state index is 13.5. The van der Waals surface area contributed by atoms with Crippen LogP contribution in [0, 0.1) is 5.82 Å². The van der Waals surface area contributed by atoms with Crippen LogP contribution in [0.25, 0.3) is 0 Å². The smallest absolute Gasteiger partial charge is 0.258 e. The van der Waals surface area contributed by atoms with Crippen molar-refractivity contribution in [1.82, 2.24) is 4.90 Å². The van der Waals surface area contributed by atoms with E-state index in [1.807, 2.05) is 0 Å². The van der Waals surface area contributed by atoms with Crippen LogP contribution in [0.15, 0.2) is 22.7 Å². The fourth-order valence-corrected chi connectivity index (χ4v) is 2.34. The lowest BCUT2D eigenvalue weighted by atomic mass is 10.2. The highest BCUT2D eigenvalue weighted by Crippen LogP contribution is 2.22. The van der Waals surface area contributed by atoms with Crippen LogP contribution in [0.3, 0.4) is 0 Å². The second-order valence-corrected chi connectivity index (χ2v) is 4.75. The van der Waals surface area contributed by atoms with E-state index in [1.165, 1.54) is 6.07 Å². The lowest BCUT2D eigenvalue weighted by Gasteiger charge is -2.16. The Bertz CT molecular complexity index is 404. The maximum atomic E-state index is 13.5. The van der Waals surface area contributed by atoms with Gasteiger partial charge >= 0.3 is 0 Å². The Kier molecular flexibility index (Phi) is 3.25. The van der Waals surface area contributed by atoms with Crippen molar-refractivity contribution in [2.75, 3.05) is 13.1 Å². The van der Waals surface area contributed by atoms with Crippen molar-refractivity contribution < 1.29 is 9.18 Å². The number of rotatable bonds is 1. The predicted octanol–water partition coefficient (Wildman–Crippen LogP) is 1.76. The SMILES string of the molecule is N[C@@H]1CCN(C(=O)c2c(F)cccc2Br)C1. The van der Waals surface area contributed by atoms with Crippen LogP contribution < -0.4 is 5.73 Å². The van der Waals surface area contributed by atoms with Gasteiger partial charge in [0.25, 0.3) is 5.91 Å². The van der Waals surface area contributed by atoms with Gasteiger partial charge in [0.15, 0.2) is 0 Å². The Morgan fingerprint density at radius 3 is 2.88 bits per heavy atom. The molecule has 1 aromatic carbocycles. The van der Waals surface area contributed by atoms with Crippen molar-refractivity contribution in [2.24, 2.45) is 5.73 Å². The maximum Gasteiger partial charge on any atom is 0.258 e. The summed E-state index contributed by atoms with van der Waals surface area (Å²) in [6.45, 7) is 1.10. The van der Waals surface area contributed by atoms with Crippen molar-refractivity contribution in [3.8, 4) is 0 Å². The number of halogens is 2. The van der Waals surface area contributed by atoms with E-state index in [9.17, 15) is 9.18 Å². The van der Waals surface area contributed by atoms with Crippen LogP contribution in [-0.2, 0) is 0 Å². The number of nitrogens with zero attached hydrogens (tertiary/aromatic N) is 1. The van der Waals surface area contributed by atoms with Crippen LogP contribution in [0.5, 0.6) is 0 Å². The average molecular weight is 287 g/mol. The summed E-state index contributed by atoms with van der Waals surface area (Å²) in [6, 6.07) is 4.51. The van der Waals surface area contributed by atoms with Gasteiger partial charge in [-0.1, -0.05) is 6.07 Å². The highest BCUT2D eigenvalue weighted by atomic mass is 79.9. The molecule has 0 radical (unpaired) electrons. The number of likely N-dealkylation sites (tertiary alicyclic amines) is 1. The molecule has 3 nitrogen and oxygen atoms in total. The van der Waals surface area contributed by atoms with Crippen molar-refractivity contribution in [2.45, 2.75) is 12.5 Å². The predicted molar refractivity (Wildman–Crippen MR) is 62.6 cm³/mol. The molecule has 0 saturated carbocycles. The number of carbonyl (C=O) groups is 1. The highest BCUT2D eigenvalue weighted by Gasteiger charge is 2.27. The average Bonchev–Trinajstić information content (AvgIpc) is 2.64. The molecule has 1 aromatic rings. The fourth-order valence-electron chi connectivity index (χ4n) is 1.83. The van der Waals surface area contributed by atoms with Crippen LogP contribution in [0.4, 0.5) is 4.39 Å². The summed E-state index contributed by atoms with van der Waals surface area (Å²) in [6.07, 6.45) is 0.776. The molecule has 16 heavy (non-hydrogen) atoms. The van der Waals surface area contributed by atoms with E-state index in [4.69, 9.17) is 5.73 Å². The third-order valence-corrected chi connectivity index (χ3v) is 3.35. The number of amides is 1. The molecule has 1 atom stereocenters. The summed E-state index contributed by atoms with van der Waals surface area (Å²) in [7, 11) is 0. The molecule has 0 aliphatic carbocycles. The zero-order valence-electron chi connectivity index (χ0n) is 8.62. The van der Waals surface area contributed by atoms with Gasteiger partial charge in [-0.3, -0.25) is 4.79 Å². The van der Waals surface area contributed by atoms with E-state index in [-0.39, 0.29) is 17.5 Å². The molecular weight excluding hydrogens is 275 g/mol. The second-order valence-electron chi connectivity index (χ2n) is 3.90. The van der Waals surface area contributed by atoms with Gasteiger partial charge in [0.05, 0.1) is 5.56 Å². The molecule has 1 fully saturated rings. The van der Waals surface area contributed by atoms with Gasteiger partial charge in [-0.05, 0) is 34.5 Å². The second kappa shape index (κ2) is 4.51. The number of hydrogen-bond donors (Lipinski definition) is 1. The molecule has 1 aliphatic rings. The normalized spacial score (nSPS) is 20.2. The topological polar surface area (TPSA) is 46.3 Å². The minimum absolute atomic E-state index is 0.00880. The third kappa shape index (κ3) is 2.10. The van der Waals surface area contributed by atoms with Gasteiger partial charge < -0.3 is 10.6 Å². The zero-order chi connectivity index (χ0) is 11.7. The summed E-state index contributed by atoms with van der Waals surface area (Å²) in [5.41, 5.74) is 5.81. The molecule has 0 aromatic heterocycles. The van der Waals surface area contributed by atoms with Gasteiger partial charge in [-0.2, -0.15) is 0 Å². The monoisotopic (exact) mass is 286 g/mol. The van der Waals surface area contributed by atoms with E-state index in [0.717, 1.165) is 6.42 Å². The number of carbonyl (C=O) groups excluding carboxylic acids is 1. The van der Waals surface area contributed by atoms with Crippen molar-refractivity contribution in [3.05, 3.63) is 34.1 Å². The summed E-state index contributed by atoms with van der Waals surface area (Å²) in [4.78, 5) is 13.6. The van der Waals surface area contributed by atoms with E-state index in [1.54, 1.807) is 17.0 Å². The van der Waals surface area contributed by atoms with Crippen molar-refractivity contribution in [1.29, 1.82) is 0 Å². The van der Waals surface area contributed by atoms with E-state index < -0.39 is 5.82 Å². The molecule has 1 amide bonds. The molecule has 1 aliphatic heterocycles. The number of hydrogen-bond acceptors (Lipinski definition) is 2. The first-order chi connectivity index (χ1) is 7.59. The zero-order valence-corrected chi connectivity index (χ0v) is 10.2. The van der Waals surface area contributed by atoms with Gasteiger partial charge in [0, 0.05) is 23.6 Å². The molecule has 2 rings (SSSR count). The molecule has 0 unspecified atom stereocenters. The number of benzene rings is 1. The number of nitrogens with two attached hydrogens (primary N) is 1. The molecule has 1 heterocycles. The summed E-state index contributed by atoms with van der Waals surface area (Å²) in [5, 5.41) is 0. The van der Waals surface area contributed by atoms with Crippen molar-refractivity contribution >= 4 is 21.8 Å².